The van der Waals surface area contributed by atoms with Gasteiger partial charge in [-0.15, -0.1) is 0 Å². The number of hydrogen-bond donors (Lipinski definition) is 1. The maximum absolute atomic E-state index is 12.9. The van der Waals surface area contributed by atoms with Crippen molar-refractivity contribution in [3.8, 4) is 11.8 Å². The third kappa shape index (κ3) is 5.95. The Hall–Kier alpha value is -3.66. The molecule has 0 saturated heterocycles. The maximum atomic E-state index is 12.9. The fraction of sp³-hybridized carbons (Fsp3) is 0.190. The molecule has 7 heteroatoms. The van der Waals surface area contributed by atoms with E-state index < -0.39 is 18.0 Å². The standard InChI is InChI=1S/C21H19FN2O4/c1-14(20(25)24-13-15-6-8-18(22)9-7-15)28-21(26)17(12-23)10-16-4-3-5-19(11-16)27-2/h3-11,14H,13H2,1-2H3,(H,24,25)/b17-10+/t14-/m1/s1. The SMILES string of the molecule is COc1cccc(/C=C(\C#N)C(=O)O[C@H](C)C(=O)NCc2ccc(F)cc2)c1. The second-order valence-electron chi connectivity index (χ2n) is 5.84. The zero-order valence-corrected chi connectivity index (χ0v) is 15.4. The number of rotatable bonds is 7. The second-order valence-corrected chi connectivity index (χ2v) is 5.84. The van der Waals surface area contributed by atoms with Crippen LogP contribution in [0.1, 0.15) is 18.1 Å². The molecule has 0 spiro atoms. The number of esters is 1. The Kier molecular flexibility index (Phi) is 7.28. The first-order chi connectivity index (χ1) is 13.4. The van der Waals surface area contributed by atoms with Crippen LogP contribution in [-0.2, 0) is 20.9 Å². The predicted molar refractivity (Wildman–Crippen MR) is 100 cm³/mol. The molecule has 2 aromatic rings. The minimum Gasteiger partial charge on any atom is -0.497 e. The summed E-state index contributed by atoms with van der Waals surface area (Å²) in [7, 11) is 1.51. The minimum atomic E-state index is -1.10. The van der Waals surface area contributed by atoms with E-state index in [2.05, 4.69) is 5.32 Å². The van der Waals surface area contributed by atoms with Gasteiger partial charge in [-0.1, -0.05) is 24.3 Å². The van der Waals surface area contributed by atoms with Crippen LogP contribution in [0.2, 0.25) is 0 Å². The first kappa shape index (κ1) is 20.6. The number of benzene rings is 2. The number of hydrogen-bond acceptors (Lipinski definition) is 5. The Bertz CT molecular complexity index is 917. The van der Waals surface area contributed by atoms with Gasteiger partial charge in [0.15, 0.2) is 6.10 Å². The van der Waals surface area contributed by atoms with Gasteiger partial charge in [-0.2, -0.15) is 5.26 Å². The molecule has 0 aliphatic carbocycles. The van der Waals surface area contributed by atoms with Crippen molar-refractivity contribution in [1.29, 1.82) is 5.26 Å². The Morgan fingerprint density at radius 3 is 2.61 bits per heavy atom. The highest BCUT2D eigenvalue weighted by molar-refractivity contribution is 5.99. The van der Waals surface area contributed by atoms with Crippen LogP contribution in [-0.4, -0.2) is 25.1 Å². The van der Waals surface area contributed by atoms with Crippen LogP contribution in [0.15, 0.2) is 54.1 Å². The first-order valence-corrected chi connectivity index (χ1v) is 8.42. The van der Waals surface area contributed by atoms with Crippen molar-refractivity contribution >= 4 is 18.0 Å². The third-order valence-corrected chi connectivity index (χ3v) is 3.78. The largest absolute Gasteiger partial charge is 0.497 e. The lowest BCUT2D eigenvalue weighted by molar-refractivity contribution is -0.150. The quantitative estimate of drug-likeness (QED) is 0.452. The third-order valence-electron chi connectivity index (χ3n) is 3.78. The van der Waals surface area contributed by atoms with Crippen LogP contribution in [0.25, 0.3) is 6.08 Å². The molecule has 1 N–H and O–H groups in total. The molecule has 0 saturated carbocycles. The monoisotopic (exact) mass is 382 g/mol. The van der Waals surface area contributed by atoms with Gasteiger partial charge in [-0.25, -0.2) is 9.18 Å². The van der Waals surface area contributed by atoms with Crippen LogP contribution in [0, 0.1) is 17.1 Å². The Morgan fingerprint density at radius 1 is 1.25 bits per heavy atom. The highest BCUT2D eigenvalue weighted by Crippen LogP contribution is 2.16. The normalized spacial score (nSPS) is 11.9. The van der Waals surface area contributed by atoms with Gasteiger partial charge in [0.05, 0.1) is 7.11 Å². The van der Waals surface area contributed by atoms with Crippen LogP contribution in [0.5, 0.6) is 5.75 Å². The van der Waals surface area contributed by atoms with E-state index in [0.29, 0.717) is 16.9 Å². The molecule has 1 amide bonds. The number of amides is 1. The first-order valence-electron chi connectivity index (χ1n) is 8.42. The molecule has 6 nitrogen and oxygen atoms in total. The van der Waals surface area contributed by atoms with E-state index in [4.69, 9.17) is 9.47 Å². The molecule has 0 radical (unpaired) electrons. The summed E-state index contributed by atoms with van der Waals surface area (Å²) in [6, 6.07) is 14.2. The smallest absolute Gasteiger partial charge is 0.349 e. The second kappa shape index (κ2) is 9.88. The van der Waals surface area contributed by atoms with Crippen LogP contribution in [0.4, 0.5) is 4.39 Å². The van der Waals surface area contributed by atoms with Gasteiger partial charge in [0.1, 0.15) is 23.2 Å². The van der Waals surface area contributed by atoms with Crippen LogP contribution < -0.4 is 10.1 Å². The van der Waals surface area contributed by atoms with Gasteiger partial charge < -0.3 is 14.8 Å². The molecule has 0 aromatic heterocycles. The predicted octanol–water partition coefficient (Wildman–Crippen LogP) is 2.99. The molecule has 2 rings (SSSR count). The molecule has 0 bridgehead atoms. The lowest BCUT2D eigenvalue weighted by atomic mass is 10.1. The number of nitriles is 1. The van der Waals surface area contributed by atoms with Gasteiger partial charge in [0.25, 0.3) is 5.91 Å². The number of nitrogens with zero attached hydrogens (tertiary/aromatic N) is 1. The molecule has 0 unspecified atom stereocenters. The molecule has 0 aliphatic rings. The average molecular weight is 382 g/mol. The summed E-state index contributed by atoms with van der Waals surface area (Å²) in [6.07, 6.45) is 0.253. The van der Waals surface area contributed by atoms with Crippen LogP contribution in [0.3, 0.4) is 0 Å². The van der Waals surface area contributed by atoms with Gasteiger partial charge in [0.2, 0.25) is 0 Å². The summed E-state index contributed by atoms with van der Waals surface area (Å²) in [5.74, 6) is -1.23. The van der Waals surface area contributed by atoms with Crippen molar-refractivity contribution in [2.45, 2.75) is 19.6 Å². The topological polar surface area (TPSA) is 88.4 Å². The van der Waals surface area contributed by atoms with Gasteiger partial charge in [-0.05, 0) is 48.4 Å². The van der Waals surface area contributed by atoms with Crippen molar-refractivity contribution < 1.29 is 23.5 Å². The number of ether oxygens (including phenoxy) is 2. The van der Waals surface area contributed by atoms with Crippen molar-refractivity contribution in [3.63, 3.8) is 0 Å². The fourth-order valence-electron chi connectivity index (χ4n) is 2.25. The summed E-state index contributed by atoms with van der Waals surface area (Å²) in [5, 5.41) is 11.8. The van der Waals surface area contributed by atoms with E-state index in [1.54, 1.807) is 30.3 Å². The van der Waals surface area contributed by atoms with E-state index in [0.717, 1.165) is 0 Å². The summed E-state index contributed by atoms with van der Waals surface area (Å²) in [6.45, 7) is 1.56. The summed E-state index contributed by atoms with van der Waals surface area (Å²) >= 11 is 0. The molecule has 1 atom stereocenters. The maximum Gasteiger partial charge on any atom is 0.349 e. The highest BCUT2D eigenvalue weighted by atomic mass is 19.1. The summed E-state index contributed by atoms with van der Waals surface area (Å²) in [5.41, 5.74) is 1.04. The Labute approximate surface area is 162 Å². The zero-order valence-electron chi connectivity index (χ0n) is 15.4. The minimum absolute atomic E-state index is 0.158. The van der Waals surface area contributed by atoms with E-state index in [-0.39, 0.29) is 17.9 Å². The van der Waals surface area contributed by atoms with Gasteiger partial charge in [0, 0.05) is 6.54 Å². The number of methoxy groups -OCH3 is 1. The van der Waals surface area contributed by atoms with Crippen molar-refractivity contribution in [3.05, 3.63) is 71.0 Å². The van der Waals surface area contributed by atoms with Gasteiger partial charge >= 0.3 is 5.97 Å². The summed E-state index contributed by atoms with van der Waals surface area (Å²) in [4.78, 5) is 24.3. The van der Waals surface area contributed by atoms with E-state index in [1.807, 2.05) is 0 Å². The number of nitrogens with one attached hydrogen (secondary N) is 1. The Balaban J connectivity index is 1.96. The molecular formula is C21H19FN2O4. The molecule has 0 heterocycles. The number of carbonyl (C=O) groups excluding carboxylic acids is 2. The lowest BCUT2D eigenvalue weighted by Gasteiger charge is -2.13. The zero-order chi connectivity index (χ0) is 20.5. The van der Waals surface area contributed by atoms with E-state index >= 15 is 0 Å². The Morgan fingerprint density at radius 2 is 1.96 bits per heavy atom. The van der Waals surface area contributed by atoms with Crippen molar-refractivity contribution in [1.82, 2.24) is 5.32 Å². The van der Waals surface area contributed by atoms with E-state index in [1.165, 1.54) is 44.4 Å². The average Bonchev–Trinajstić information content (AvgIpc) is 2.71. The molecular weight excluding hydrogens is 363 g/mol. The van der Waals surface area contributed by atoms with Crippen LogP contribution >= 0.6 is 0 Å². The van der Waals surface area contributed by atoms with Crippen molar-refractivity contribution in [2.24, 2.45) is 0 Å². The fourth-order valence-corrected chi connectivity index (χ4v) is 2.25. The number of halogens is 1. The molecule has 0 aliphatic heterocycles. The lowest BCUT2D eigenvalue weighted by Crippen LogP contribution is -2.35. The highest BCUT2D eigenvalue weighted by Gasteiger charge is 2.20. The summed E-state index contributed by atoms with van der Waals surface area (Å²) < 4.78 is 23.0. The van der Waals surface area contributed by atoms with Gasteiger partial charge in [-0.3, -0.25) is 4.79 Å². The molecule has 28 heavy (non-hydrogen) atoms. The molecule has 0 fully saturated rings. The molecule has 144 valence electrons. The van der Waals surface area contributed by atoms with E-state index in [9.17, 15) is 19.2 Å². The van der Waals surface area contributed by atoms with Crippen molar-refractivity contribution in [2.75, 3.05) is 7.11 Å². The molecule has 2 aromatic carbocycles. The number of carbonyl (C=O) groups is 2.